The molecule has 6 heteroatoms. The number of ether oxygens (including phenoxy) is 4. The van der Waals surface area contributed by atoms with Gasteiger partial charge in [0.1, 0.15) is 11.7 Å². The van der Waals surface area contributed by atoms with Crippen LogP contribution in [0.25, 0.3) is 0 Å². The molecular weight excluding hydrogens is 442 g/mol. The van der Waals surface area contributed by atoms with Gasteiger partial charge in [0, 0.05) is 17.7 Å². The summed E-state index contributed by atoms with van der Waals surface area (Å²) < 4.78 is 22.2. The number of aliphatic imine (C=N–C) groups is 1. The van der Waals surface area contributed by atoms with Crippen molar-refractivity contribution < 1.29 is 23.7 Å². The van der Waals surface area contributed by atoms with Gasteiger partial charge in [0.05, 0.1) is 33.5 Å². The van der Waals surface area contributed by atoms with Gasteiger partial charge in [-0.05, 0) is 55.7 Å². The van der Waals surface area contributed by atoms with Crippen LogP contribution in [0.1, 0.15) is 77.5 Å². The predicted molar refractivity (Wildman–Crippen MR) is 144 cm³/mol. The molecule has 35 heavy (non-hydrogen) atoms. The number of esters is 1. The molecule has 1 aliphatic heterocycles. The van der Waals surface area contributed by atoms with E-state index < -0.39 is 5.92 Å². The van der Waals surface area contributed by atoms with Crippen molar-refractivity contribution in [1.29, 1.82) is 0 Å². The van der Waals surface area contributed by atoms with Gasteiger partial charge in [-0.25, -0.2) is 0 Å². The van der Waals surface area contributed by atoms with Crippen LogP contribution in [0, 0.1) is 0 Å². The number of rotatable bonds is 9. The molecule has 2 unspecified atom stereocenters. The Hall–Kier alpha value is -3.02. The van der Waals surface area contributed by atoms with Gasteiger partial charge in [-0.1, -0.05) is 46.8 Å². The molecule has 0 aromatic heterocycles. The molecule has 0 aliphatic carbocycles. The topological polar surface area (TPSA) is 66.4 Å². The maximum absolute atomic E-state index is 12.6. The van der Waals surface area contributed by atoms with E-state index in [1.54, 1.807) is 21.1 Å². The summed E-state index contributed by atoms with van der Waals surface area (Å²) in [7, 11) is 3.19. The molecule has 0 N–H and O–H groups in total. The largest absolute Gasteiger partial charge is 0.493 e. The Morgan fingerprint density at radius 3 is 2.29 bits per heavy atom. The predicted octanol–water partition coefficient (Wildman–Crippen LogP) is 6.63. The standard InChI is InChI=1S/C25H31NO5.2C2H6/c1-6-16(3)31-18-10-8-9-17(11-18)12-22-20-14-24(29-5)23(28-4)13-19(20)21(15-26-22)25(27)30-7-2;2*1-2/h8-11,13-14,16,21H,6-7,12,15H2,1-5H3;2*1-2H3. The Bertz CT molecular complexity index is 954. The molecule has 2 aromatic carbocycles. The van der Waals surface area contributed by atoms with Crippen molar-refractivity contribution in [3.63, 3.8) is 0 Å². The number of hydrogen-bond acceptors (Lipinski definition) is 6. The van der Waals surface area contributed by atoms with E-state index in [1.807, 2.05) is 58.0 Å². The number of nitrogens with zero attached hydrogens (tertiary/aromatic N) is 1. The quantitative estimate of drug-likeness (QED) is 0.373. The first-order valence-electron chi connectivity index (χ1n) is 12.7. The highest BCUT2D eigenvalue weighted by atomic mass is 16.5. The van der Waals surface area contributed by atoms with Crippen LogP contribution >= 0.6 is 0 Å². The summed E-state index contributed by atoms with van der Waals surface area (Å²) in [5, 5.41) is 0. The molecule has 0 bridgehead atoms. The smallest absolute Gasteiger partial charge is 0.315 e. The number of hydrogen-bond donors (Lipinski definition) is 0. The molecule has 1 aliphatic rings. The SMILES string of the molecule is CC.CC.CCOC(=O)C1CN=C(Cc2cccc(OC(C)CC)c2)c2cc(OC)c(OC)cc21. The Morgan fingerprint density at radius 2 is 1.69 bits per heavy atom. The Labute approximate surface area is 211 Å². The van der Waals surface area contributed by atoms with E-state index in [2.05, 4.69) is 19.9 Å². The summed E-state index contributed by atoms with van der Waals surface area (Å²) >= 11 is 0. The summed E-state index contributed by atoms with van der Waals surface area (Å²) in [5.74, 6) is 1.30. The second-order valence-corrected chi connectivity index (χ2v) is 7.55. The van der Waals surface area contributed by atoms with Crippen molar-refractivity contribution >= 4 is 11.7 Å². The average Bonchev–Trinajstić information content (AvgIpc) is 2.90. The zero-order valence-corrected chi connectivity index (χ0v) is 22.9. The van der Waals surface area contributed by atoms with Crippen molar-refractivity contribution in [2.24, 2.45) is 4.99 Å². The van der Waals surface area contributed by atoms with Gasteiger partial charge >= 0.3 is 5.97 Å². The third-order valence-corrected chi connectivity index (χ3v) is 5.46. The minimum atomic E-state index is -0.460. The fraction of sp³-hybridized carbons (Fsp3) is 0.517. The van der Waals surface area contributed by atoms with E-state index in [0.717, 1.165) is 34.6 Å². The molecule has 6 nitrogen and oxygen atoms in total. The van der Waals surface area contributed by atoms with Crippen LogP contribution in [0.2, 0.25) is 0 Å². The lowest BCUT2D eigenvalue weighted by molar-refractivity contribution is -0.144. The molecule has 2 aromatic rings. The van der Waals surface area contributed by atoms with Crippen LogP contribution in [0.5, 0.6) is 17.2 Å². The van der Waals surface area contributed by atoms with Crippen LogP contribution in [0.15, 0.2) is 41.4 Å². The molecule has 0 amide bonds. The number of benzene rings is 2. The van der Waals surface area contributed by atoms with Crippen molar-refractivity contribution in [3.05, 3.63) is 53.1 Å². The van der Waals surface area contributed by atoms with Crippen LogP contribution in [-0.4, -0.2) is 45.2 Å². The number of carbonyl (C=O) groups is 1. The van der Waals surface area contributed by atoms with Crippen LogP contribution in [0.4, 0.5) is 0 Å². The van der Waals surface area contributed by atoms with E-state index in [1.165, 1.54) is 0 Å². The maximum Gasteiger partial charge on any atom is 0.315 e. The van der Waals surface area contributed by atoms with Crippen molar-refractivity contribution in [3.8, 4) is 17.2 Å². The van der Waals surface area contributed by atoms with Gasteiger partial charge in [-0.15, -0.1) is 0 Å². The first-order valence-corrected chi connectivity index (χ1v) is 12.7. The van der Waals surface area contributed by atoms with Gasteiger partial charge in [0.15, 0.2) is 11.5 Å². The molecule has 2 atom stereocenters. The van der Waals surface area contributed by atoms with Crippen molar-refractivity contribution in [2.45, 2.75) is 73.3 Å². The van der Waals surface area contributed by atoms with Crippen molar-refractivity contribution in [1.82, 2.24) is 0 Å². The Morgan fingerprint density at radius 1 is 1.03 bits per heavy atom. The van der Waals surface area contributed by atoms with E-state index in [4.69, 9.17) is 23.9 Å². The zero-order chi connectivity index (χ0) is 26.4. The third kappa shape index (κ3) is 8.01. The van der Waals surface area contributed by atoms with Gasteiger partial charge in [-0.3, -0.25) is 9.79 Å². The molecule has 0 radical (unpaired) electrons. The van der Waals surface area contributed by atoms with Gasteiger partial charge < -0.3 is 18.9 Å². The summed E-state index contributed by atoms with van der Waals surface area (Å²) in [6.07, 6.45) is 1.72. The Kier molecular flexibility index (Phi) is 13.5. The van der Waals surface area contributed by atoms with Gasteiger partial charge in [0.2, 0.25) is 0 Å². The van der Waals surface area contributed by atoms with Crippen LogP contribution in [-0.2, 0) is 16.0 Å². The molecule has 0 fully saturated rings. The fourth-order valence-corrected chi connectivity index (χ4v) is 3.65. The molecule has 0 saturated heterocycles. The highest BCUT2D eigenvalue weighted by Crippen LogP contribution is 2.37. The molecule has 3 rings (SSSR count). The van der Waals surface area contributed by atoms with Crippen LogP contribution < -0.4 is 14.2 Å². The van der Waals surface area contributed by atoms with E-state index >= 15 is 0 Å². The van der Waals surface area contributed by atoms with Crippen molar-refractivity contribution in [2.75, 3.05) is 27.4 Å². The Balaban J connectivity index is 0.00000145. The lowest BCUT2D eigenvalue weighted by Gasteiger charge is -2.25. The normalized spacial score (nSPS) is 14.5. The summed E-state index contributed by atoms with van der Waals surface area (Å²) in [5.41, 5.74) is 3.73. The molecular formula is C29H43NO5. The monoisotopic (exact) mass is 485 g/mol. The van der Waals surface area contributed by atoms with Crippen LogP contribution in [0.3, 0.4) is 0 Å². The number of methoxy groups -OCH3 is 2. The third-order valence-electron chi connectivity index (χ3n) is 5.46. The van der Waals surface area contributed by atoms with Gasteiger partial charge in [-0.2, -0.15) is 0 Å². The number of fused-ring (bicyclic) bond motifs is 1. The lowest BCUT2D eigenvalue weighted by atomic mass is 9.86. The zero-order valence-electron chi connectivity index (χ0n) is 22.9. The summed E-state index contributed by atoms with van der Waals surface area (Å²) in [4.78, 5) is 17.3. The lowest BCUT2D eigenvalue weighted by Crippen LogP contribution is -2.26. The van der Waals surface area contributed by atoms with E-state index in [9.17, 15) is 4.79 Å². The van der Waals surface area contributed by atoms with E-state index in [-0.39, 0.29) is 12.1 Å². The average molecular weight is 486 g/mol. The van der Waals surface area contributed by atoms with E-state index in [0.29, 0.717) is 31.1 Å². The fourth-order valence-electron chi connectivity index (χ4n) is 3.65. The first-order chi connectivity index (χ1) is 17.0. The highest BCUT2D eigenvalue weighted by Gasteiger charge is 2.31. The second-order valence-electron chi connectivity index (χ2n) is 7.55. The molecule has 0 saturated carbocycles. The maximum atomic E-state index is 12.6. The summed E-state index contributed by atoms with van der Waals surface area (Å²) in [6.45, 7) is 14.6. The summed E-state index contributed by atoms with van der Waals surface area (Å²) in [6, 6.07) is 11.8. The molecule has 1 heterocycles. The van der Waals surface area contributed by atoms with Gasteiger partial charge in [0.25, 0.3) is 0 Å². The number of carbonyl (C=O) groups excluding carboxylic acids is 1. The highest BCUT2D eigenvalue weighted by molar-refractivity contribution is 6.06. The minimum absolute atomic E-state index is 0.157. The first kappa shape index (κ1) is 30.0. The molecule has 0 spiro atoms. The molecule has 194 valence electrons. The minimum Gasteiger partial charge on any atom is -0.493 e. The second kappa shape index (κ2) is 15.8.